The van der Waals surface area contributed by atoms with Gasteiger partial charge >= 0.3 is 0 Å². The van der Waals surface area contributed by atoms with Gasteiger partial charge in [-0.3, -0.25) is 4.79 Å². The standard InChI is InChI=1S/C14H14ClN3O3/c1-18-8-16-7-11(18)14(19)17-10-6-13-12(5-9(10)15)20-3-2-4-21-13/h5-8H,2-4H2,1H3,(H,17,19). The van der Waals surface area contributed by atoms with E-state index in [-0.39, 0.29) is 5.91 Å². The van der Waals surface area contributed by atoms with Crippen LogP contribution in [-0.4, -0.2) is 28.7 Å². The summed E-state index contributed by atoms with van der Waals surface area (Å²) in [6.07, 6.45) is 3.86. The van der Waals surface area contributed by atoms with Gasteiger partial charge in [-0.2, -0.15) is 0 Å². The largest absolute Gasteiger partial charge is 0.490 e. The van der Waals surface area contributed by atoms with E-state index in [9.17, 15) is 4.79 Å². The number of amides is 1. The van der Waals surface area contributed by atoms with Gasteiger partial charge in [0.15, 0.2) is 11.5 Å². The Hall–Kier alpha value is -2.21. The molecule has 7 heteroatoms. The molecule has 1 amide bonds. The number of aryl methyl sites for hydroxylation is 1. The summed E-state index contributed by atoms with van der Waals surface area (Å²) in [7, 11) is 1.75. The molecule has 0 saturated heterocycles. The molecule has 1 aromatic heterocycles. The molecule has 0 saturated carbocycles. The van der Waals surface area contributed by atoms with Crippen LogP contribution in [0.2, 0.25) is 5.02 Å². The molecule has 0 atom stereocenters. The smallest absolute Gasteiger partial charge is 0.273 e. The number of nitrogens with zero attached hydrogens (tertiary/aromatic N) is 2. The number of anilines is 1. The number of hydrogen-bond donors (Lipinski definition) is 1. The lowest BCUT2D eigenvalue weighted by atomic mass is 10.2. The molecule has 0 aliphatic carbocycles. The fraction of sp³-hybridized carbons (Fsp3) is 0.286. The Kier molecular flexibility index (Phi) is 3.70. The Labute approximate surface area is 126 Å². The van der Waals surface area contributed by atoms with E-state index < -0.39 is 0 Å². The van der Waals surface area contributed by atoms with Gasteiger partial charge < -0.3 is 19.4 Å². The molecular formula is C14H14ClN3O3. The van der Waals surface area contributed by atoms with Crippen LogP contribution in [-0.2, 0) is 7.05 Å². The van der Waals surface area contributed by atoms with Crippen LogP contribution in [0.25, 0.3) is 0 Å². The molecule has 2 aromatic rings. The number of nitrogens with one attached hydrogen (secondary N) is 1. The lowest BCUT2D eigenvalue weighted by Gasteiger charge is -2.12. The average Bonchev–Trinajstić information content (AvgIpc) is 2.75. The van der Waals surface area contributed by atoms with Gasteiger partial charge in [0.05, 0.1) is 36.4 Å². The van der Waals surface area contributed by atoms with Crippen molar-refractivity contribution < 1.29 is 14.3 Å². The van der Waals surface area contributed by atoms with E-state index in [0.717, 1.165) is 6.42 Å². The number of aromatic nitrogens is 2. The van der Waals surface area contributed by atoms with Crippen LogP contribution in [0.3, 0.4) is 0 Å². The maximum absolute atomic E-state index is 12.2. The molecule has 1 aromatic carbocycles. The maximum Gasteiger partial charge on any atom is 0.273 e. The molecule has 1 aliphatic heterocycles. The van der Waals surface area contributed by atoms with Crippen LogP contribution in [0, 0.1) is 0 Å². The van der Waals surface area contributed by atoms with E-state index in [0.29, 0.717) is 41.1 Å². The van der Waals surface area contributed by atoms with Crippen molar-refractivity contribution in [1.82, 2.24) is 9.55 Å². The molecule has 0 fully saturated rings. The van der Waals surface area contributed by atoms with E-state index in [1.54, 1.807) is 30.1 Å². The highest BCUT2D eigenvalue weighted by atomic mass is 35.5. The maximum atomic E-state index is 12.2. The van der Waals surface area contributed by atoms with Crippen molar-refractivity contribution in [3.05, 3.63) is 35.4 Å². The third-order valence-corrected chi connectivity index (χ3v) is 3.45. The van der Waals surface area contributed by atoms with Crippen molar-refractivity contribution in [2.75, 3.05) is 18.5 Å². The van der Waals surface area contributed by atoms with Gasteiger partial charge in [-0.15, -0.1) is 0 Å². The number of imidazole rings is 1. The number of carbonyl (C=O) groups excluding carboxylic acids is 1. The summed E-state index contributed by atoms with van der Waals surface area (Å²) >= 11 is 6.19. The zero-order valence-electron chi connectivity index (χ0n) is 11.4. The van der Waals surface area contributed by atoms with E-state index in [1.165, 1.54) is 6.20 Å². The first-order chi connectivity index (χ1) is 10.1. The van der Waals surface area contributed by atoms with Crippen molar-refractivity contribution in [1.29, 1.82) is 0 Å². The first-order valence-electron chi connectivity index (χ1n) is 6.52. The summed E-state index contributed by atoms with van der Waals surface area (Å²) in [6.45, 7) is 1.16. The minimum absolute atomic E-state index is 0.286. The molecule has 0 bridgehead atoms. The van der Waals surface area contributed by atoms with Crippen LogP contribution < -0.4 is 14.8 Å². The van der Waals surface area contributed by atoms with Gasteiger partial charge in [0, 0.05) is 25.6 Å². The molecule has 1 aliphatic rings. The highest BCUT2D eigenvalue weighted by molar-refractivity contribution is 6.34. The number of hydrogen-bond acceptors (Lipinski definition) is 4. The molecule has 3 rings (SSSR count). The normalized spacial score (nSPS) is 13.6. The zero-order valence-corrected chi connectivity index (χ0v) is 12.2. The van der Waals surface area contributed by atoms with E-state index in [4.69, 9.17) is 21.1 Å². The number of carbonyl (C=O) groups is 1. The van der Waals surface area contributed by atoms with Crippen molar-refractivity contribution in [3.63, 3.8) is 0 Å². The first-order valence-corrected chi connectivity index (χ1v) is 6.90. The fourth-order valence-electron chi connectivity index (χ4n) is 2.04. The van der Waals surface area contributed by atoms with Crippen LogP contribution in [0.4, 0.5) is 5.69 Å². The van der Waals surface area contributed by atoms with Gasteiger partial charge in [0.2, 0.25) is 0 Å². The summed E-state index contributed by atoms with van der Waals surface area (Å²) < 4.78 is 12.8. The Morgan fingerprint density at radius 2 is 2.05 bits per heavy atom. The third-order valence-electron chi connectivity index (χ3n) is 3.13. The second kappa shape index (κ2) is 5.65. The third kappa shape index (κ3) is 2.80. The summed E-state index contributed by atoms with van der Waals surface area (Å²) in [6, 6.07) is 3.33. The Morgan fingerprint density at radius 1 is 1.33 bits per heavy atom. The molecule has 0 spiro atoms. The summed E-state index contributed by atoms with van der Waals surface area (Å²) in [4.78, 5) is 16.1. The second-order valence-corrected chi connectivity index (χ2v) is 5.08. The highest BCUT2D eigenvalue weighted by Gasteiger charge is 2.17. The van der Waals surface area contributed by atoms with E-state index in [2.05, 4.69) is 10.3 Å². The zero-order chi connectivity index (χ0) is 14.8. The van der Waals surface area contributed by atoms with Gasteiger partial charge in [0.1, 0.15) is 5.69 Å². The average molecular weight is 308 g/mol. The summed E-state index contributed by atoms with van der Waals surface area (Å²) in [5, 5.41) is 3.15. The molecule has 0 radical (unpaired) electrons. The van der Waals surface area contributed by atoms with Gasteiger partial charge in [0.25, 0.3) is 5.91 Å². The molecule has 1 N–H and O–H groups in total. The first kappa shape index (κ1) is 13.8. The lowest BCUT2D eigenvalue weighted by molar-refractivity contribution is 0.101. The minimum atomic E-state index is -0.286. The number of fused-ring (bicyclic) bond motifs is 1. The number of benzene rings is 1. The van der Waals surface area contributed by atoms with Crippen molar-refractivity contribution >= 4 is 23.2 Å². The van der Waals surface area contributed by atoms with E-state index in [1.807, 2.05) is 0 Å². The predicted molar refractivity (Wildman–Crippen MR) is 78.2 cm³/mol. The Balaban J connectivity index is 1.87. The minimum Gasteiger partial charge on any atom is -0.490 e. The van der Waals surface area contributed by atoms with Crippen LogP contribution in [0.1, 0.15) is 16.9 Å². The molecule has 6 nitrogen and oxygen atoms in total. The van der Waals surface area contributed by atoms with Crippen molar-refractivity contribution in [2.45, 2.75) is 6.42 Å². The Bertz CT molecular complexity index is 684. The molecule has 21 heavy (non-hydrogen) atoms. The monoisotopic (exact) mass is 307 g/mol. The topological polar surface area (TPSA) is 65.4 Å². The second-order valence-electron chi connectivity index (χ2n) is 4.67. The lowest BCUT2D eigenvalue weighted by Crippen LogP contribution is -2.15. The van der Waals surface area contributed by atoms with E-state index >= 15 is 0 Å². The SMILES string of the molecule is Cn1cncc1C(=O)Nc1cc2c(cc1Cl)OCCCO2. The molecule has 110 valence electrons. The fourth-order valence-corrected chi connectivity index (χ4v) is 2.24. The van der Waals surface area contributed by atoms with Crippen molar-refractivity contribution in [2.24, 2.45) is 7.05 Å². The highest BCUT2D eigenvalue weighted by Crippen LogP contribution is 2.37. The number of halogens is 1. The molecule has 2 heterocycles. The summed E-state index contributed by atoms with van der Waals surface area (Å²) in [5.74, 6) is 0.889. The van der Waals surface area contributed by atoms with Crippen molar-refractivity contribution in [3.8, 4) is 11.5 Å². The van der Waals surface area contributed by atoms with Gasteiger partial charge in [-0.25, -0.2) is 4.98 Å². The van der Waals surface area contributed by atoms with Gasteiger partial charge in [-0.1, -0.05) is 11.6 Å². The van der Waals surface area contributed by atoms with Crippen LogP contribution in [0.15, 0.2) is 24.7 Å². The molecular weight excluding hydrogens is 294 g/mol. The Morgan fingerprint density at radius 3 is 2.71 bits per heavy atom. The van der Waals surface area contributed by atoms with Gasteiger partial charge in [-0.05, 0) is 0 Å². The predicted octanol–water partition coefficient (Wildman–Crippen LogP) is 2.49. The quantitative estimate of drug-likeness (QED) is 0.925. The van der Waals surface area contributed by atoms with Crippen LogP contribution >= 0.6 is 11.6 Å². The van der Waals surface area contributed by atoms with Crippen LogP contribution in [0.5, 0.6) is 11.5 Å². The number of rotatable bonds is 2. The number of ether oxygens (including phenoxy) is 2. The molecule has 0 unspecified atom stereocenters. The summed E-state index contributed by atoms with van der Waals surface area (Å²) in [5.41, 5.74) is 0.922.